The number of hydrogen-bond donors (Lipinski definition) is 0. The zero-order chi connectivity index (χ0) is 19.7. The van der Waals surface area contributed by atoms with Gasteiger partial charge in [0.15, 0.2) is 11.6 Å². The Labute approximate surface area is 169 Å². The van der Waals surface area contributed by atoms with Crippen LogP contribution in [0.2, 0.25) is 0 Å². The molecule has 154 valence electrons. The largest absolute Gasteiger partial charge is 0.293 e. The lowest BCUT2D eigenvalue weighted by molar-refractivity contribution is 0.141. The fourth-order valence-electron chi connectivity index (χ4n) is 4.90. The summed E-state index contributed by atoms with van der Waals surface area (Å²) >= 11 is 0. The van der Waals surface area contributed by atoms with Crippen LogP contribution in [0.1, 0.15) is 75.4 Å². The molecular weight excluding hydrogens is 348 g/mol. The van der Waals surface area contributed by atoms with Gasteiger partial charge < -0.3 is 0 Å². The molecule has 0 aliphatic carbocycles. The van der Waals surface area contributed by atoms with E-state index in [1.165, 1.54) is 49.9 Å². The third kappa shape index (κ3) is 3.90. The molecule has 4 heterocycles. The van der Waals surface area contributed by atoms with Crippen LogP contribution in [0.15, 0.2) is 12.1 Å². The molecule has 6 heteroatoms. The number of likely N-dealkylation sites (tertiary alicyclic amines) is 2. The predicted molar refractivity (Wildman–Crippen MR) is 112 cm³/mol. The van der Waals surface area contributed by atoms with Crippen LogP contribution in [0.4, 0.5) is 0 Å². The fraction of sp³-hybridized carbons (Fsp3) is 0.727. The van der Waals surface area contributed by atoms with E-state index in [1.807, 2.05) is 0 Å². The molecule has 0 bridgehead atoms. The van der Waals surface area contributed by atoms with E-state index in [9.17, 15) is 0 Å². The van der Waals surface area contributed by atoms with Crippen molar-refractivity contribution in [3.8, 4) is 0 Å². The lowest BCUT2D eigenvalue weighted by Crippen LogP contribution is -2.39. The quantitative estimate of drug-likeness (QED) is 0.787. The summed E-state index contributed by atoms with van der Waals surface area (Å²) in [6, 6.07) is 5.62. The predicted octanol–water partition coefficient (Wildman–Crippen LogP) is 3.76. The van der Waals surface area contributed by atoms with Gasteiger partial charge >= 0.3 is 0 Å². The van der Waals surface area contributed by atoms with Gasteiger partial charge in [-0.1, -0.05) is 12.8 Å². The van der Waals surface area contributed by atoms with Gasteiger partial charge in [-0.05, 0) is 78.6 Å². The van der Waals surface area contributed by atoms with Crippen molar-refractivity contribution in [3.63, 3.8) is 0 Å². The second-order valence-corrected chi connectivity index (χ2v) is 8.90. The van der Waals surface area contributed by atoms with Gasteiger partial charge in [0.1, 0.15) is 0 Å². The molecule has 2 aliphatic heterocycles. The summed E-state index contributed by atoms with van der Waals surface area (Å²) in [6.07, 6.45) is 7.84. The Balaban J connectivity index is 1.67. The monoisotopic (exact) mass is 384 g/mol. The number of piperidine rings is 2. The van der Waals surface area contributed by atoms with Gasteiger partial charge in [-0.2, -0.15) is 0 Å². The molecule has 2 saturated heterocycles. The number of aryl methyl sites for hydroxylation is 2. The lowest BCUT2D eigenvalue weighted by Gasteiger charge is -2.34. The third-order valence-corrected chi connectivity index (χ3v) is 6.77. The van der Waals surface area contributed by atoms with Crippen molar-refractivity contribution < 1.29 is 0 Å². The Morgan fingerprint density at radius 3 is 1.64 bits per heavy atom. The van der Waals surface area contributed by atoms with Gasteiger partial charge in [-0.3, -0.25) is 14.5 Å². The highest BCUT2D eigenvalue weighted by Crippen LogP contribution is 2.22. The molecule has 0 saturated carbocycles. The zero-order valence-corrected chi connectivity index (χ0v) is 18.1. The van der Waals surface area contributed by atoms with Gasteiger partial charge in [0.25, 0.3) is 0 Å². The summed E-state index contributed by atoms with van der Waals surface area (Å²) in [7, 11) is 0. The summed E-state index contributed by atoms with van der Waals surface area (Å²) in [4.78, 5) is 5.15. The topological polar surface area (TPSA) is 42.1 Å². The van der Waals surface area contributed by atoms with E-state index in [0.717, 1.165) is 37.8 Å². The van der Waals surface area contributed by atoms with E-state index in [4.69, 9.17) is 10.2 Å². The molecule has 0 radical (unpaired) electrons. The van der Waals surface area contributed by atoms with Crippen LogP contribution in [0, 0.1) is 13.8 Å². The Morgan fingerprint density at radius 1 is 0.750 bits per heavy atom. The molecule has 6 nitrogen and oxygen atoms in total. The summed E-state index contributed by atoms with van der Waals surface area (Å²) in [5.41, 5.74) is 2.47. The third-order valence-electron chi connectivity index (χ3n) is 6.77. The van der Waals surface area contributed by atoms with E-state index < -0.39 is 0 Å². The van der Waals surface area contributed by atoms with E-state index in [0.29, 0.717) is 12.1 Å². The smallest absolute Gasteiger partial charge is 0.167 e. The first-order valence-electron chi connectivity index (χ1n) is 11.1. The van der Waals surface area contributed by atoms with E-state index in [1.54, 1.807) is 0 Å². The number of nitrogens with zero attached hydrogens (tertiary/aromatic N) is 6. The number of rotatable bonds is 5. The molecule has 2 unspecified atom stereocenters. The number of aromatic nitrogens is 4. The molecule has 2 fully saturated rings. The van der Waals surface area contributed by atoms with Crippen LogP contribution in [-0.2, 0) is 13.1 Å². The minimum atomic E-state index is 0.622. The van der Waals surface area contributed by atoms with Crippen LogP contribution in [-0.4, -0.2) is 54.5 Å². The van der Waals surface area contributed by atoms with Crippen molar-refractivity contribution in [1.29, 1.82) is 0 Å². The highest BCUT2D eigenvalue weighted by atomic mass is 15.5. The zero-order valence-electron chi connectivity index (χ0n) is 18.1. The standard InChI is InChI=1S/C22H36N6/c1-17-9-5-7-13-25(17)15-21-23-24-22(16-26-14-8-6-10-18(26)2)28(21)27-19(3)11-12-20(27)4/h11-12,17-18H,5-10,13-16H2,1-4H3. The lowest BCUT2D eigenvalue weighted by atomic mass is 10.0. The molecule has 2 aromatic rings. The van der Waals surface area contributed by atoms with E-state index >= 15 is 0 Å². The fourth-order valence-corrected chi connectivity index (χ4v) is 4.90. The van der Waals surface area contributed by atoms with Crippen molar-refractivity contribution in [1.82, 2.24) is 29.3 Å². The maximum Gasteiger partial charge on any atom is 0.167 e. The summed E-state index contributed by atoms with van der Waals surface area (Å²) in [6.45, 7) is 13.1. The first-order valence-corrected chi connectivity index (χ1v) is 11.1. The van der Waals surface area contributed by atoms with Crippen molar-refractivity contribution in [2.24, 2.45) is 0 Å². The maximum atomic E-state index is 4.70. The molecule has 28 heavy (non-hydrogen) atoms. The van der Waals surface area contributed by atoms with Gasteiger partial charge in [0.2, 0.25) is 0 Å². The summed E-state index contributed by atoms with van der Waals surface area (Å²) in [5.74, 6) is 2.13. The molecule has 0 amide bonds. The van der Waals surface area contributed by atoms with Crippen molar-refractivity contribution in [2.45, 2.75) is 91.4 Å². The summed E-state index contributed by atoms with van der Waals surface area (Å²) in [5, 5.41) is 9.39. The highest BCUT2D eigenvalue weighted by molar-refractivity contribution is 5.16. The van der Waals surface area contributed by atoms with Gasteiger partial charge in [0, 0.05) is 23.5 Å². The first-order chi connectivity index (χ1) is 13.5. The van der Waals surface area contributed by atoms with Crippen molar-refractivity contribution in [3.05, 3.63) is 35.2 Å². The van der Waals surface area contributed by atoms with Crippen LogP contribution in [0.25, 0.3) is 0 Å². The molecule has 0 spiro atoms. The molecule has 0 aromatic carbocycles. The minimum Gasteiger partial charge on any atom is -0.293 e. The molecule has 2 atom stereocenters. The summed E-state index contributed by atoms with van der Waals surface area (Å²) < 4.78 is 4.60. The van der Waals surface area contributed by atoms with Gasteiger partial charge in [-0.25, -0.2) is 4.68 Å². The average molecular weight is 385 g/mol. The van der Waals surface area contributed by atoms with Crippen molar-refractivity contribution >= 4 is 0 Å². The molecule has 2 aromatic heterocycles. The van der Waals surface area contributed by atoms with Crippen LogP contribution < -0.4 is 0 Å². The normalized spacial score (nSPS) is 24.7. The number of hydrogen-bond acceptors (Lipinski definition) is 4. The SMILES string of the molecule is Cc1ccc(C)n1-n1c(CN2CCCCC2C)nnc1CN1CCCCC1C. The van der Waals surface area contributed by atoms with Gasteiger partial charge in [0.05, 0.1) is 13.1 Å². The first kappa shape index (κ1) is 19.6. The maximum absolute atomic E-state index is 4.70. The Morgan fingerprint density at radius 2 is 1.21 bits per heavy atom. The van der Waals surface area contributed by atoms with Crippen molar-refractivity contribution in [2.75, 3.05) is 13.1 Å². The Hall–Kier alpha value is -1.66. The second kappa shape index (κ2) is 8.37. The van der Waals surface area contributed by atoms with Crippen LogP contribution in [0.5, 0.6) is 0 Å². The van der Waals surface area contributed by atoms with Crippen LogP contribution >= 0.6 is 0 Å². The average Bonchev–Trinajstić information content (AvgIpc) is 3.21. The minimum absolute atomic E-state index is 0.622. The van der Waals surface area contributed by atoms with Gasteiger partial charge in [-0.15, -0.1) is 10.2 Å². The molecule has 2 aliphatic rings. The van der Waals surface area contributed by atoms with E-state index in [-0.39, 0.29) is 0 Å². The second-order valence-electron chi connectivity index (χ2n) is 8.90. The Kier molecular flexibility index (Phi) is 5.88. The highest BCUT2D eigenvalue weighted by Gasteiger charge is 2.26. The molecular formula is C22H36N6. The molecule has 4 rings (SSSR count). The Bertz CT molecular complexity index is 730. The van der Waals surface area contributed by atoms with Crippen LogP contribution in [0.3, 0.4) is 0 Å². The van der Waals surface area contributed by atoms with E-state index in [2.05, 4.69) is 59.0 Å². The molecule has 0 N–H and O–H groups in total.